The lowest BCUT2D eigenvalue weighted by Gasteiger charge is -2.37. The second-order valence-electron chi connectivity index (χ2n) is 7.16. The topological polar surface area (TPSA) is 85.8 Å². The van der Waals surface area contributed by atoms with Crippen LogP contribution in [0.2, 0.25) is 0 Å². The van der Waals surface area contributed by atoms with Gasteiger partial charge in [0.1, 0.15) is 5.82 Å². The molecular weight excluding hydrogens is 460 g/mol. The number of amides is 1. The molecule has 1 saturated heterocycles. The van der Waals surface area contributed by atoms with Gasteiger partial charge in [-0.1, -0.05) is 22.0 Å². The number of halogens is 1. The molecule has 8 heteroatoms. The summed E-state index contributed by atoms with van der Waals surface area (Å²) < 4.78 is 0.878. The zero-order valence-corrected chi connectivity index (χ0v) is 18.2. The number of aromatic nitrogens is 1. The van der Waals surface area contributed by atoms with Gasteiger partial charge in [0.15, 0.2) is 0 Å². The highest BCUT2D eigenvalue weighted by Crippen LogP contribution is 2.29. The van der Waals surface area contributed by atoms with E-state index >= 15 is 0 Å². The van der Waals surface area contributed by atoms with E-state index in [1.54, 1.807) is 42.6 Å². The van der Waals surface area contributed by atoms with E-state index in [0.29, 0.717) is 11.3 Å². The van der Waals surface area contributed by atoms with Gasteiger partial charge in [-0.2, -0.15) is 0 Å². The molecule has 4 rings (SSSR count). The Hall–Kier alpha value is -3.39. The van der Waals surface area contributed by atoms with Crippen molar-refractivity contribution in [2.24, 2.45) is 0 Å². The van der Waals surface area contributed by atoms with Crippen molar-refractivity contribution in [2.75, 3.05) is 41.3 Å². The number of hydrogen-bond donors (Lipinski definition) is 2. The number of aromatic carboxylic acids is 1. The number of anilines is 3. The number of carbonyl (C=O) groups is 2. The average molecular weight is 481 g/mol. The molecule has 7 nitrogen and oxygen atoms in total. The molecular formula is C23H21BrN4O3. The number of benzene rings is 2. The molecule has 1 fully saturated rings. The van der Waals surface area contributed by atoms with Crippen LogP contribution < -0.4 is 15.1 Å². The largest absolute Gasteiger partial charge is 0.478 e. The molecule has 0 atom stereocenters. The van der Waals surface area contributed by atoms with Crippen LogP contribution in [0, 0.1) is 0 Å². The number of pyridine rings is 1. The maximum Gasteiger partial charge on any atom is 0.335 e. The molecule has 0 spiro atoms. The monoisotopic (exact) mass is 480 g/mol. The van der Waals surface area contributed by atoms with Crippen LogP contribution in [0.4, 0.5) is 17.2 Å². The van der Waals surface area contributed by atoms with E-state index < -0.39 is 5.97 Å². The summed E-state index contributed by atoms with van der Waals surface area (Å²) in [4.78, 5) is 33.0. The third kappa shape index (κ3) is 4.86. The quantitative estimate of drug-likeness (QED) is 0.571. The molecule has 0 bridgehead atoms. The zero-order valence-electron chi connectivity index (χ0n) is 16.7. The van der Waals surface area contributed by atoms with Gasteiger partial charge in [-0.05, 0) is 54.6 Å². The molecule has 1 aliphatic heterocycles. The number of carboxylic acid groups (broad SMARTS) is 1. The smallest absolute Gasteiger partial charge is 0.335 e. The van der Waals surface area contributed by atoms with Crippen LogP contribution in [0.1, 0.15) is 20.7 Å². The number of nitrogens with zero attached hydrogens (tertiary/aromatic N) is 3. The zero-order chi connectivity index (χ0) is 21.8. The molecule has 1 aromatic heterocycles. The summed E-state index contributed by atoms with van der Waals surface area (Å²) in [6.45, 7) is 3.00. The molecule has 2 heterocycles. The second-order valence-corrected chi connectivity index (χ2v) is 8.08. The minimum Gasteiger partial charge on any atom is -0.478 e. The van der Waals surface area contributed by atoms with E-state index in [4.69, 9.17) is 0 Å². The lowest BCUT2D eigenvalue weighted by molar-refractivity contribution is 0.0696. The minimum absolute atomic E-state index is 0.127. The Labute approximate surface area is 188 Å². The second kappa shape index (κ2) is 9.18. The molecule has 158 valence electrons. The molecule has 0 saturated carbocycles. The fourth-order valence-electron chi connectivity index (χ4n) is 3.56. The molecule has 0 unspecified atom stereocenters. The maximum absolute atomic E-state index is 12.8. The number of carbonyl (C=O) groups excluding carboxylic acids is 1. The number of carboxylic acids is 1. The molecule has 1 aliphatic rings. The predicted octanol–water partition coefficient (Wildman–Crippen LogP) is 4.12. The van der Waals surface area contributed by atoms with Crippen LogP contribution in [0.3, 0.4) is 0 Å². The van der Waals surface area contributed by atoms with Gasteiger partial charge in [0.05, 0.1) is 16.9 Å². The average Bonchev–Trinajstić information content (AvgIpc) is 2.80. The third-order valence-corrected chi connectivity index (χ3v) is 5.72. The Balaban J connectivity index is 1.55. The van der Waals surface area contributed by atoms with E-state index in [9.17, 15) is 14.7 Å². The highest BCUT2D eigenvalue weighted by molar-refractivity contribution is 9.10. The number of rotatable bonds is 5. The summed E-state index contributed by atoms with van der Waals surface area (Å²) in [5.74, 6) is -0.388. The van der Waals surface area contributed by atoms with Gasteiger partial charge in [0, 0.05) is 42.4 Å². The Kier molecular flexibility index (Phi) is 6.18. The van der Waals surface area contributed by atoms with Gasteiger partial charge in [-0.15, -0.1) is 0 Å². The van der Waals surface area contributed by atoms with E-state index in [0.717, 1.165) is 42.2 Å². The Bertz CT molecular complexity index is 1080. The van der Waals surface area contributed by atoms with Crippen molar-refractivity contribution in [3.8, 4) is 0 Å². The lowest BCUT2D eigenvalue weighted by atomic mass is 10.1. The minimum atomic E-state index is -1.04. The van der Waals surface area contributed by atoms with E-state index in [-0.39, 0.29) is 11.5 Å². The van der Waals surface area contributed by atoms with Crippen molar-refractivity contribution in [3.63, 3.8) is 0 Å². The Morgan fingerprint density at radius 1 is 0.903 bits per heavy atom. The van der Waals surface area contributed by atoms with Crippen LogP contribution in [0.25, 0.3) is 0 Å². The summed E-state index contributed by atoms with van der Waals surface area (Å²) in [5.41, 5.74) is 1.91. The predicted molar refractivity (Wildman–Crippen MR) is 124 cm³/mol. The highest BCUT2D eigenvalue weighted by Gasteiger charge is 2.22. The lowest BCUT2D eigenvalue weighted by Crippen LogP contribution is -2.47. The molecule has 0 aliphatic carbocycles. The summed E-state index contributed by atoms with van der Waals surface area (Å²) in [7, 11) is 0. The molecule has 1 amide bonds. The van der Waals surface area contributed by atoms with Crippen molar-refractivity contribution >= 4 is 45.0 Å². The van der Waals surface area contributed by atoms with Gasteiger partial charge < -0.3 is 20.2 Å². The van der Waals surface area contributed by atoms with Gasteiger partial charge in [-0.25, -0.2) is 9.78 Å². The summed E-state index contributed by atoms with van der Waals surface area (Å²) >= 11 is 3.36. The van der Waals surface area contributed by atoms with Crippen molar-refractivity contribution in [2.45, 2.75) is 0 Å². The standard InChI is InChI=1S/C23H21BrN4O3/c24-18-7-4-16(5-8-18)22(29)26-19-15-17(23(30)31)6-9-20(19)27-11-13-28(14-12-27)21-3-1-2-10-25-21/h1-10,15H,11-14H2,(H,26,29)(H,30,31). The SMILES string of the molecule is O=C(O)c1ccc(N2CCN(c3ccccn3)CC2)c(NC(=O)c2ccc(Br)cc2)c1. The fraction of sp³-hybridized carbons (Fsp3) is 0.174. The van der Waals surface area contributed by atoms with Crippen LogP contribution in [0.5, 0.6) is 0 Å². The maximum atomic E-state index is 12.8. The highest BCUT2D eigenvalue weighted by atomic mass is 79.9. The summed E-state index contributed by atoms with van der Waals surface area (Å²) in [6.07, 6.45) is 1.78. The molecule has 31 heavy (non-hydrogen) atoms. The van der Waals surface area contributed by atoms with Crippen LogP contribution >= 0.6 is 15.9 Å². The van der Waals surface area contributed by atoms with Crippen molar-refractivity contribution in [1.29, 1.82) is 0 Å². The fourth-order valence-corrected chi connectivity index (χ4v) is 3.82. The van der Waals surface area contributed by atoms with Crippen LogP contribution in [-0.2, 0) is 0 Å². The number of nitrogens with one attached hydrogen (secondary N) is 1. The van der Waals surface area contributed by atoms with E-state index in [2.05, 4.69) is 36.0 Å². The van der Waals surface area contributed by atoms with Gasteiger partial charge in [0.2, 0.25) is 0 Å². The van der Waals surface area contributed by atoms with Crippen LogP contribution in [0.15, 0.2) is 71.3 Å². The van der Waals surface area contributed by atoms with Gasteiger partial charge in [-0.3, -0.25) is 4.79 Å². The number of hydrogen-bond acceptors (Lipinski definition) is 5. The first-order valence-corrected chi connectivity index (χ1v) is 10.7. The van der Waals surface area contributed by atoms with Gasteiger partial charge >= 0.3 is 5.97 Å². The number of piperazine rings is 1. The Morgan fingerprint density at radius 3 is 2.23 bits per heavy atom. The third-order valence-electron chi connectivity index (χ3n) is 5.19. The molecule has 2 N–H and O–H groups in total. The van der Waals surface area contributed by atoms with E-state index in [1.165, 1.54) is 6.07 Å². The van der Waals surface area contributed by atoms with Gasteiger partial charge in [0.25, 0.3) is 5.91 Å². The first-order chi connectivity index (χ1) is 15.0. The molecule has 0 radical (unpaired) electrons. The molecule has 2 aromatic carbocycles. The first kappa shape index (κ1) is 20.9. The van der Waals surface area contributed by atoms with E-state index in [1.807, 2.05) is 18.2 Å². The Morgan fingerprint density at radius 2 is 1.58 bits per heavy atom. The normalized spacial score (nSPS) is 13.7. The summed E-state index contributed by atoms with van der Waals surface area (Å²) in [5, 5.41) is 12.3. The first-order valence-electron chi connectivity index (χ1n) is 9.86. The summed E-state index contributed by atoms with van der Waals surface area (Å²) in [6, 6.07) is 17.7. The van der Waals surface area contributed by atoms with Crippen molar-refractivity contribution in [3.05, 3.63) is 82.5 Å². The van der Waals surface area contributed by atoms with Crippen LogP contribution in [-0.4, -0.2) is 48.1 Å². The van der Waals surface area contributed by atoms with Crippen molar-refractivity contribution < 1.29 is 14.7 Å². The molecule has 3 aromatic rings. The van der Waals surface area contributed by atoms with Crippen molar-refractivity contribution in [1.82, 2.24) is 4.98 Å².